The second kappa shape index (κ2) is 5.25. The van der Waals surface area contributed by atoms with Crippen LogP contribution in [0.3, 0.4) is 0 Å². The number of allylic oxidation sites excluding steroid dienone is 3. The maximum absolute atomic E-state index is 14.2. The van der Waals surface area contributed by atoms with E-state index in [-0.39, 0.29) is 0 Å². The van der Waals surface area contributed by atoms with E-state index in [4.69, 9.17) is 0 Å². The van der Waals surface area contributed by atoms with Crippen LogP contribution < -0.4 is 0 Å². The van der Waals surface area contributed by atoms with Crippen LogP contribution in [0.25, 0.3) is 0 Å². The molecule has 0 N–H and O–H groups in total. The molecule has 5 heteroatoms. The van der Waals surface area contributed by atoms with Crippen LogP contribution >= 0.6 is 0 Å². The lowest BCUT2D eigenvalue weighted by Crippen LogP contribution is -2.43. The molecule has 1 aliphatic rings. The third-order valence-corrected chi connectivity index (χ3v) is 6.41. The van der Waals surface area contributed by atoms with E-state index in [1.54, 1.807) is 61.6 Å². The molecule has 0 amide bonds. The summed E-state index contributed by atoms with van der Waals surface area (Å²) in [6, 6.07) is 9.60. The van der Waals surface area contributed by atoms with E-state index >= 15 is 0 Å². The Balaban J connectivity index is 2.17. The number of halogens is 1. The zero-order valence-electron chi connectivity index (χ0n) is 12.1. The third kappa shape index (κ3) is 2.13. The van der Waals surface area contributed by atoms with Gasteiger partial charge in [-0.3, -0.25) is 3.97 Å². The van der Waals surface area contributed by atoms with Gasteiger partial charge in [0.2, 0.25) is 10.0 Å². The Bertz CT molecular complexity index is 837. The van der Waals surface area contributed by atoms with Crippen molar-refractivity contribution in [2.75, 3.05) is 0 Å². The van der Waals surface area contributed by atoms with Gasteiger partial charge in [0.05, 0.1) is 0 Å². The van der Waals surface area contributed by atoms with Crippen molar-refractivity contribution in [3.63, 3.8) is 0 Å². The van der Waals surface area contributed by atoms with Gasteiger partial charge in [-0.25, -0.2) is 12.8 Å². The minimum absolute atomic E-state index is 0.376. The van der Waals surface area contributed by atoms with Crippen molar-refractivity contribution < 1.29 is 12.8 Å². The summed E-state index contributed by atoms with van der Waals surface area (Å²) in [7, 11) is -3.72. The van der Waals surface area contributed by atoms with Crippen LogP contribution in [0.5, 0.6) is 0 Å². The highest BCUT2D eigenvalue weighted by molar-refractivity contribution is 7.91. The van der Waals surface area contributed by atoms with Gasteiger partial charge in [-0.05, 0) is 30.7 Å². The first kappa shape index (κ1) is 14.8. The highest BCUT2D eigenvalue weighted by Gasteiger charge is 2.46. The molecule has 0 saturated heterocycles. The summed E-state index contributed by atoms with van der Waals surface area (Å²) in [5.74, 6) is -0.993. The summed E-state index contributed by atoms with van der Waals surface area (Å²) in [5, 5.41) is 0. The number of hydrogen-bond donors (Lipinski definition) is 0. The second-order valence-corrected chi connectivity index (χ2v) is 7.70. The van der Waals surface area contributed by atoms with Gasteiger partial charge in [0.25, 0.3) is 0 Å². The van der Waals surface area contributed by atoms with Gasteiger partial charge in [0.15, 0.2) is 0 Å². The van der Waals surface area contributed by atoms with Crippen LogP contribution in [0.2, 0.25) is 0 Å². The van der Waals surface area contributed by atoms with Crippen LogP contribution in [-0.2, 0) is 10.0 Å². The highest BCUT2D eigenvalue weighted by Crippen LogP contribution is 2.41. The number of aromatic nitrogens is 1. The lowest BCUT2D eigenvalue weighted by molar-refractivity contribution is 0.522. The molecule has 0 bridgehead atoms. The van der Waals surface area contributed by atoms with E-state index in [9.17, 15) is 12.8 Å². The first-order valence-corrected chi connectivity index (χ1v) is 8.39. The Labute approximate surface area is 129 Å². The standard InChI is InChI=1S/C17H16FNO2S/c1-17(22(20,21)19-12-6-7-13-19)11-5-4-9-15(17)14-8-2-3-10-16(14)18/h2-13,15H,1H3. The topological polar surface area (TPSA) is 39.1 Å². The Kier molecular flexibility index (Phi) is 3.53. The summed E-state index contributed by atoms with van der Waals surface area (Å²) < 4.78 is 40.2. The number of benzene rings is 1. The molecule has 0 saturated carbocycles. The Morgan fingerprint density at radius 1 is 1.09 bits per heavy atom. The molecule has 0 aliphatic heterocycles. The van der Waals surface area contributed by atoms with Crippen molar-refractivity contribution in [1.82, 2.24) is 3.97 Å². The summed E-state index contributed by atoms with van der Waals surface area (Å²) >= 11 is 0. The number of nitrogens with zero attached hydrogens (tertiary/aromatic N) is 1. The van der Waals surface area contributed by atoms with E-state index in [1.165, 1.54) is 22.4 Å². The van der Waals surface area contributed by atoms with Crippen molar-refractivity contribution >= 4 is 10.0 Å². The van der Waals surface area contributed by atoms with Crippen molar-refractivity contribution in [2.45, 2.75) is 17.6 Å². The molecular formula is C17H16FNO2S. The van der Waals surface area contributed by atoms with E-state index in [0.29, 0.717) is 5.56 Å². The predicted molar refractivity (Wildman–Crippen MR) is 84.6 cm³/mol. The number of hydrogen-bond acceptors (Lipinski definition) is 2. The summed E-state index contributed by atoms with van der Waals surface area (Å²) in [4.78, 5) is 0. The Hall–Kier alpha value is -2.14. The van der Waals surface area contributed by atoms with Crippen LogP contribution in [-0.4, -0.2) is 17.1 Å². The predicted octanol–water partition coefficient (Wildman–Crippen LogP) is 3.47. The smallest absolute Gasteiger partial charge is 0.248 e. The van der Waals surface area contributed by atoms with Crippen molar-refractivity contribution in [1.29, 1.82) is 0 Å². The highest BCUT2D eigenvalue weighted by atomic mass is 32.2. The molecule has 1 aromatic heterocycles. The monoisotopic (exact) mass is 317 g/mol. The summed E-state index contributed by atoms with van der Waals surface area (Å²) in [6.45, 7) is 1.62. The molecular weight excluding hydrogens is 301 g/mol. The minimum Gasteiger partial charge on any atom is -0.252 e. The molecule has 0 spiro atoms. The van der Waals surface area contributed by atoms with Crippen LogP contribution in [0.1, 0.15) is 18.4 Å². The summed E-state index contributed by atoms with van der Waals surface area (Å²) in [6.07, 6.45) is 9.79. The average Bonchev–Trinajstić information content (AvgIpc) is 3.03. The quantitative estimate of drug-likeness (QED) is 0.869. The molecule has 1 heterocycles. The van der Waals surface area contributed by atoms with Crippen LogP contribution in [0.15, 0.2) is 73.1 Å². The molecule has 3 nitrogen and oxygen atoms in total. The molecule has 1 aromatic carbocycles. The number of rotatable bonds is 3. The molecule has 2 unspecified atom stereocenters. The van der Waals surface area contributed by atoms with Gasteiger partial charge in [-0.2, -0.15) is 0 Å². The molecule has 1 aliphatic carbocycles. The zero-order valence-corrected chi connectivity index (χ0v) is 12.9. The van der Waals surface area contributed by atoms with E-state index < -0.39 is 26.5 Å². The SMILES string of the molecule is CC1(S(=O)(=O)n2cccc2)C=CC=CC1c1ccccc1F. The maximum atomic E-state index is 14.2. The molecule has 2 atom stereocenters. The molecule has 114 valence electrons. The zero-order chi connectivity index (χ0) is 15.8. The van der Waals surface area contributed by atoms with Gasteiger partial charge in [0, 0.05) is 18.3 Å². The van der Waals surface area contributed by atoms with Crippen molar-refractivity contribution in [3.05, 3.63) is 84.5 Å². The molecule has 2 aromatic rings. The lowest BCUT2D eigenvalue weighted by atomic mass is 9.83. The third-order valence-electron chi connectivity index (χ3n) is 4.11. The van der Waals surface area contributed by atoms with Gasteiger partial charge in [-0.1, -0.05) is 42.5 Å². The van der Waals surface area contributed by atoms with E-state index in [0.717, 1.165) is 0 Å². The van der Waals surface area contributed by atoms with Gasteiger partial charge in [0.1, 0.15) is 10.6 Å². The summed E-state index contributed by atoms with van der Waals surface area (Å²) in [5.41, 5.74) is 0.376. The Morgan fingerprint density at radius 3 is 2.45 bits per heavy atom. The van der Waals surface area contributed by atoms with Crippen molar-refractivity contribution in [3.8, 4) is 0 Å². The average molecular weight is 317 g/mol. The maximum Gasteiger partial charge on any atom is 0.248 e. The molecule has 0 fully saturated rings. The van der Waals surface area contributed by atoms with E-state index in [2.05, 4.69) is 0 Å². The van der Waals surface area contributed by atoms with Crippen LogP contribution in [0, 0.1) is 5.82 Å². The largest absolute Gasteiger partial charge is 0.252 e. The van der Waals surface area contributed by atoms with Crippen LogP contribution in [0.4, 0.5) is 4.39 Å². The van der Waals surface area contributed by atoms with Crippen molar-refractivity contribution in [2.24, 2.45) is 0 Å². The van der Waals surface area contributed by atoms with Gasteiger partial charge in [-0.15, -0.1) is 0 Å². The fourth-order valence-corrected chi connectivity index (χ4v) is 4.50. The second-order valence-electron chi connectivity index (χ2n) is 5.45. The molecule has 3 rings (SSSR count). The lowest BCUT2D eigenvalue weighted by Gasteiger charge is -2.35. The normalized spacial score (nSPS) is 24.5. The molecule has 22 heavy (non-hydrogen) atoms. The Morgan fingerprint density at radius 2 is 1.77 bits per heavy atom. The fourth-order valence-electron chi connectivity index (χ4n) is 2.81. The first-order chi connectivity index (χ1) is 10.5. The minimum atomic E-state index is -3.72. The first-order valence-electron chi connectivity index (χ1n) is 6.95. The molecule has 0 radical (unpaired) electrons. The fraction of sp³-hybridized carbons (Fsp3) is 0.176. The van der Waals surface area contributed by atoms with Gasteiger partial charge >= 0.3 is 0 Å². The van der Waals surface area contributed by atoms with E-state index in [1.807, 2.05) is 0 Å². The van der Waals surface area contributed by atoms with Gasteiger partial charge < -0.3 is 0 Å².